The van der Waals surface area contributed by atoms with Crippen molar-refractivity contribution in [1.29, 1.82) is 0 Å². The van der Waals surface area contributed by atoms with Crippen LogP contribution in [0.1, 0.15) is 37.0 Å². The number of nitrogens with zero attached hydrogens (tertiary/aromatic N) is 2. The van der Waals surface area contributed by atoms with Crippen LogP contribution in [-0.4, -0.2) is 16.7 Å². The standard InChI is InChI=1S/C14H18FN3O/c1-9(2)12(8-16)14-17-13(18-19-14)7-10-4-3-5-11(15)6-10/h3-6,9,12H,7-8,16H2,1-2H3. The summed E-state index contributed by atoms with van der Waals surface area (Å²) in [6.07, 6.45) is 0.455. The largest absolute Gasteiger partial charge is 0.339 e. The first kappa shape index (κ1) is 13.7. The summed E-state index contributed by atoms with van der Waals surface area (Å²) < 4.78 is 18.3. The Balaban J connectivity index is 2.13. The van der Waals surface area contributed by atoms with E-state index in [9.17, 15) is 4.39 Å². The van der Waals surface area contributed by atoms with Crippen LogP contribution in [0, 0.1) is 11.7 Å². The molecule has 102 valence electrons. The van der Waals surface area contributed by atoms with Gasteiger partial charge in [-0.25, -0.2) is 4.39 Å². The highest BCUT2D eigenvalue weighted by Crippen LogP contribution is 2.22. The van der Waals surface area contributed by atoms with Crippen LogP contribution in [0.2, 0.25) is 0 Å². The van der Waals surface area contributed by atoms with Crippen LogP contribution in [0.5, 0.6) is 0 Å². The Morgan fingerprint density at radius 3 is 2.79 bits per heavy atom. The molecular formula is C14H18FN3O. The minimum absolute atomic E-state index is 0.0637. The molecule has 1 heterocycles. The van der Waals surface area contributed by atoms with Gasteiger partial charge in [0.15, 0.2) is 5.82 Å². The third kappa shape index (κ3) is 3.38. The molecule has 0 spiro atoms. The number of aromatic nitrogens is 2. The summed E-state index contributed by atoms with van der Waals surface area (Å²) in [7, 11) is 0. The maximum atomic E-state index is 13.1. The minimum Gasteiger partial charge on any atom is -0.339 e. The van der Waals surface area contributed by atoms with Gasteiger partial charge in [0, 0.05) is 13.0 Å². The van der Waals surface area contributed by atoms with Crippen LogP contribution in [0.3, 0.4) is 0 Å². The maximum absolute atomic E-state index is 13.1. The average molecular weight is 263 g/mol. The van der Waals surface area contributed by atoms with Crippen molar-refractivity contribution < 1.29 is 8.91 Å². The topological polar surface area (TPSA) is 64.9 Å². The van der Waals surface area contributed by atoms with Crippen LogP contribution in [0.25, 0.3) is 0 Å². The summed E-state index contributed by atoms with van der Waals surface area (Å²) in [6, 6.07) is 6.39. The Morgan fingerprint density at radius 2 is 2.16 bits per heavy atom. The fourth-order valence-corrected chi connectivity index (χ4v) is 1.98. The smallest absolute Gasteiger partial charge is 0.231 e. The average Bonchev–Trinajstić information content (AvgIpc) is 2.78. The Bertz CT molecular complexity index is 539. The number of nitrogens with two attached hydrogens (primary N) is 1. The Morgan fingerprint density at radius 1 is 1.37 bits per heavy atom. The molecule has 5 heteroatoms. The monoisotopic (exact) mass is 263 g/mol. The van der Waals surface area contributed by atoms with Crippen molar-refractivity contribution in [3.63, 3.8) is 0 Å². The van der Waals surface area contributed by atoms with E-state index in [-0.39, 0.29) is 11.7 Å². The highest BCUT2D eigenvalue weighted by atomic mass is 19.1. The zero-order valence-electron chi connectivity index (χ0n) is 11.1. The van der Waals surface area contributed by atoms with Gasteiger partial charge in [0.05, 0.1) is 5.92 Å². The molecule has 0 aliphatic carbocycles. The zero-order valence-corrected chi connectivity index (χ0v) is 11.1. The van der Waals surface area contributed by atoms with Gasteiger partial charge >= 0.3 is 0 Å². The van der Waals surface area contributed by atoms with Crippen LogP contribution in [0.4, 0.5) is 4.39 Å². The highest BCUT2D eigenvalue weighted by Gasteiger charge is 2.21. The first-order chi connectivity index (χ1) is 9.10. The van der Waals surface area contributed by atoms with Gasteiger partial charge in [0.1, 0.15) is 5.82 Å². The van der Waals surface area contributed by atoms with Crippen LogP contribution >= 0.6 is 0 Å². The Kier molecular flexibility index (Phi) is 4.27. The van der Waals surface area contributed by atoms with Crippen molar-refractivity contribution in [3.8, 4) is 0 Å². The lowest BCUT2D eigenvalue weighted by atomic mass is 9.96. The quantitative estimate of drug-likeness (QED) is 0.900. The van der Waals surface area contributed by atoms with E-state index < -0.39 is 0 Å². The van der Waals surface area contributed by atoms with Crippen molar-refractivity contribution in [2.75, 3.05) is 6.54 Å². The molecule has 0 saturated heterocycles. The predicted octanol–water partition coefficient (Wildman–Crippen LogP) is 2.50. The van der Waals surface area contributed by atoms with Crippen LogP contribution < -0.4 is 5.73 Å². The van der Waals surface area contributed by atoms with Gasteiger partial charge in [-0.2, -0.15) is 4.98 Å². The summed E-state index contributed by atoms with van der Waals surface area (Å²) in [5, 5.41) is 3.93. The molecule has 1 aromatic carbocycles. The summed E-state index contributed by atoms with van der Waals surface area (Å²) >= 11 is 0. The molecule has 0 fully saturated rings. The SMILES string of the molecule is CC(C)C(CN)c1nc(Cc2cccc(F)c2)no1. The van der Waals surface area contributed by atoms with Gasteiger partial charge in [-0.15, -0.1) is 0 Å². The molecule has 0 bridgehead atoms. The molecule has 1 atom stereocenters. The van der Waals surface area contributed by atoms with E-state index in [2.05, 4.69) is 24.0 Å². The molecule has 0 aliphatic rings. The minimum atomic E-state index is -0.261. The second-order valence-corrected chi connectivity index (χ2v) is 4.94. The van der Waals surface area contributed by atoms with E-state index in [1.165, 1.54) is 12.1 Å². The molecule has 1 aromatic heterocycles. The fraction of sp³-hybridized carbons (Fsp3) is 0.429. The van der Waals surface area contributed by atoms with Gasteiger partial charge in [-0.3, -0.25) is 0 Å². The van der Waals surface area contributed by atoms with Crippen molar-refractivity contribution in [3.05, 3.63) is 47.4 Å². The molecule has 0 radical (unpaired) electrons. The number of hydrogen-bond donors (Lipinski definition) is 1. The van der Waals surface area contributed by atoms with Crippen molar-refractivity contribution in [1.82, 2.24) is 10.1 Å². The lowest BCUT2D eigenvalue weighted by Crippen LogP contribution is -2.18. The number of halogens is 1. The van der Waals surface area contributed by atoms with E-state index >= 15 is 0 Å². The lowest BCUT2D eigenvalue weighted by molar-refractivity contribution is 0.322. The summed E-state index contributed by atoms with van der Waals surface area (Å²) in [6.45, 7) is 4.60. The Labute approximate surface area is 111 Å². The first-order valence-corrected chi connectivity index (χ1v) is 6.37. The number of hydrogen-bond acceptors (Lipinski definition) is 4. The van der Waals surface area contributed by atoms with Crippen molar-refractivity contribution >= 4 is 0 Å². The molecule has 1 unspecified atom stereocenters. The number of benzene rings is 1. The van der Waals surface area contributed by atoms with Crippen LogP contribution in [0.15, 0.2) is 28.8 Å². The highest BCUT2D eigenvalue weighted by molar-refractivity contribution is 5.19. The van der Waals surface area contributed by atoms with Gasteiger partial charge in [-0.1, -0.05) is 31.1 Å². The Hall–Kier alpha value is -1.75. The molecular weight excluding hydrogens is 245 g/mol. The van der Waals surface area contributed by atoms with Gasteiger partial charge < -0.3 is 10.3 Å². The fourth-order valence-electron chi connectivity index (χ4n) is 1.98. The molecule has 4 nitrogen and oxygen atoms in total. The maximum Gasteiger partial charge on any atom is 0.231 e. The number of rotatable bonds is 5. The van der Waals surface area contributed by atoms with E-state index in [0.717, 1.165) is 5.56 Å². The molecule has 2 N–H and O–H groups in total. The van der Waals surface area contributed by atoms with E-state index in [1.807, 2.05) is 6.07 Å². The van der Waals surface area contributed by atoms with Gasteiger partial charge in [-0.05, 0) is 23.6 Å². The first-order valence-electron chi connectivity index (χ1n) is 6.37. The van der Waals surface area contributed by atoms with Crippen molar-refractivity contribution in [2.45, 2.75) is 26.2 Å². The van der Waals surface area contributed by atoms with Crippen LogP contribution in [-0.2, 0) is 6.42 Å². The second-order valence-electron chi connectivity index (χ2n) is 4.94. The molecule has 2 aromatic rings. The summed E-state index contributed by atoms with van der Waals surface area (Å²) in [5.74, 6) is 1.26. The molecule has 0 saturated carbocycles. The van der Waals surface area contributed by atoms with E-state index in [1.54, 1.807) is 6.07 Å². The molecule has 0 aliphatic heterocycles. The van der Waals surface area contributed by atoms with E-state index in [0.29, 0.717) is 30.6 Å². The predicted molar refractivity (Wildman–Crippen MR) is 70.1 cm³/mol. The normalized spacial score (nSPS) is 12.9. The molecule has 19 heavy (non-hydrogen) atoms. The third-order valence-electron chi connectivity index (χ3n) is 3.11. The second kappa shape index (κ2) is 5.93. The summed E-state index contributed by atoms with van der Waals surface area (Å²) in [5.41, 5.74) is 6.53. The summed E-state index contributed by atoms with van der Waals surface area (Å²) in [4.78, 5) is 4.35. The lowest BCUT2D eigenvalue weighted by Gasteiger charge is -2.13. The van der Waals surface area contributed by atoms with Gasteiger partial charge in [0.25, 0.3) is 0 Å². The molecule has 0 amide bonds. The van der Waals surface area contributed by atoms with Gasteiger partial charge in [0.2, 0.25) is 5.89 Å². The molecule has 2 rings (SSSR count). The zero-order chi connectivity index (χ0) is 13.8. The van der Waals surface area contributed by atoms with E-state index in [4.69, 9.17) is 10.3 Å². The third-order valence-corrected chi connectivity index (χ3v) is 3.11. The van der Waals surface area contributed by atoms with Crippen molar-refractivity contribution in [2.24, 2.45) is 11.7 Å².